The van der Waals surface area contributed by atoms with E-state index >= 15 is 0 Å². The van der Waals surface area contributed by atoms with E-state index in [-0.39, 0.29) is 6.42 Å². The molecule has 6 heteroatoms. The zero-order valence-corrected chi connectivity index (χ0v) is 14.7. The summed E-state index contributed by atoms with van der Waals surface area (Å²) < 4.78 is 0.862. The zero-order chi connectivity index (χ0) is 17.8. The number of hydrogen-bond donors (Lipinski definition) is 2. The predicted octanol–water partition coefficient (Wildman–Crippen LogP) is 3.42. The summed E-state index contributed by atoms with van der Waals surface area (Å²) in [5.74, 6) is -1.51. The first-order valence-electron chi connectivity index (χ1n) is 7.66. The molecule has 0 bridgehead atoms. The van der Waals surface area contributed by atoms with E-state index in [4.69, 9.17) is 0 Å². The third kappa shape index (κ3) is 4.03. The Morgan fingerprint density at radius 1 is 1.12 bits per heavy atom. The van der Waals surface area contributed by atoms with Gasteiger partial charge < -0.3 is 10.4 Å². The smallest absolute Gasteiger partial charge is 0.326 e. The molecule has 0 aliphatic heterocycles. The van der Waals surface area contributed by atoms with Gasteiger partial charge in [-0.1, -0.05) is 46.3 Å². The predicted molar refractivity (Wildman–Crippen MR) is 98.5 cm³/mol. The van der Waals surface area contributed by atoms with Crippen molar-refractivity contribution in [3.8, 4) is 0 Å². The number of carbonyl (C=O) groups excluding carboxylic acids is 1. The number of carbonyl (C=O) groups is 2. The van der Waals surface area contributed by atoms with Gasteiger partial charge in [0.2, 0.25) is 0 Å². The molecule has 5 nitrogen and oxygen atoms in total. The van der Waals surface area contributed by atoms with Crippen LogP contribution in [0.1, 0.15) is 15.9 Å². The molecule has 25 heavy (non-hydrogen) atoms. The molecule has 1 heterocycles. The molecule has 126 valence electrons. The van der Waals surface area contributed by atoms with Crippen LogP contribution in [-0.4, -0.2) is 28.0 Å². The van der Waals surface area contributed by atoms with Crippen molar-refractivity contribution < 1.29 is 14.7 Å². The molecular formula is C19H15BrN2O3. The lowest BCUT2D eigenvalue weighted by Crippen LogP contribution is -2.42. The van der Waals surface area contributed by atoms with E-state index in [1.165, 1.54) is 0 Å². The Kier molecular flexibility index (Phi) is 5.09. The number of carboxylic acids is 1. The molecule has 2 N–H and O–H groups in total. The van der Waals surface area contributed by atoms with Crippen molar-refractivity contribution in [1.29, 1.82) is 0 Å². The number of rotatable bonds is 5. The number of amides is 1. The summed E-state index contributed by atoms with van der Waals surface area (Å²) in [4.78, 5) is 28.4. The lowest BCUT2D eigenvalue weighted by Gasteiger charge is -2.15. The molecule has 1 amide bonds. The third-order valence-corrected chi connectivity index (χ3v) is 4.32. The van der Waals surface area contributed by atoms with Crippen LogP contribution < -0.4 is 5.32 Å². The van der Waals surface area contributed by atoms with Crippen LogP contribution in [0.2, 0.25) is 0 Å². The lowest BCUT2D eigenvalue weighted by atomic mass is 10.0. The third-order valence-electron chi connectivity index (χ3n) is 3.83. The number of pyridine rings is 1. The van der Waals surface area contributed by atoms with Crippen LogP contribution in [0.25, 0.3) is 10.9 Å². The molecule has 3 rings (SSSR count). The van der Waals surface area contributed by atoms with Gasteiger partial charge in [0.1, 0.15) is 6.04 Å². The summed E-state index contributed by atoms with van der Waals surface area (Å²) in [6.45, 7) is 0. The highest BCUT2D eigenvalue weighted by Gasteiger charge is 2.22. The van der Waals surface area contributed by atoms with Gasteiger partial charge in [-0.05, 0) is 29.8 Å². The monoisotopic (exact) mass is 398 g/mol. The number of hydrogen-bond acceptors (Lipinski definition) is 3. The first-order chi connectivity index (χ1) is 12.0. The standard InChI is InChI=1S/C19H15BrN2O3/c20-13-5-3-4-12(10-13)11-17(19(24)25)22-18(23)15-8-9-21-16-7-2-1-6-14(15)16/h1-10,17H,11H2,(H,22,23)(H,24,25)/t17-/m0/s1. The van der Waals surface area contributed by atoms with Crippen molar-refractivity contribution in [2.75, 3.05) is 0 Å². The molecule has 0 saturated carbocycles. The van der Waals surface area contributed by atoms with E-state index in [9.17, 15) is 14.7 Å². The summed E-state index contributed by atoms with van der Waals surface area (Å²) in [6.07, 6.45) is 1.74. The summed E-state index contributed by atoms with van der Waals surface area (Å²) in [5.41, 5.74) is 1.92. The molecular weight excluding hydrogens is 384 g/mol. The summed E-state index contributed by atoms with van der Waals surface area (Å²) in [7, 11) is 0. The SMILES string of the molecule is O=C(N[C@@H](Cc1cccc(Br)c1)C(=O)O)c1ccnc2ccccc12. The second kappa shape index (κ2) is 7.44. The van der Waals surface area contributed by atoms with E-state index in [1.807, 2.05) is 42.5 Å². The van der Waals surface area contributed by atoms with Crippen LogP contribution in [0.5, 0.6) is 0 Å². The van der Waals surface area contributed by atoms with Crippen molar-refractivity contribution in [1.82, 2.24) is 10.3 Å². The Bertz CT molecular complexity index is 937. The van der Waals surface area contributed by atoms with Gasteiger partial charge in [0.25, 0.3) is 5.91 Å². The minimum absolute atomic E-state index is 0.198. The van der Waals surface area contributed by atoms with Crippen LogP contribution in [-0.2, 0) is 11.2 Å². The van der Waals surface area contributed by atoms with Crippen molar-refractivity contribution >= 4 is 38.7 Å². The second-order valence-corrected chi connectivity index (χ2v) is 6.49. The number of aromatic nitrogens is 1. The zero-order valence-electron chi connectivity index (χ0n) is 13.1. The number of carboxylic acid groups (broad SMARTS) is 1. The van der Waals surface area contributed by atoms with Gasteiger partial charge in [-0.2, -0.15) is 0 Å². The summed E-state index contributed by atoms with van der Waals surface area (Å²) in [5, 5.41) is 12.8. The number of nitrogens with one attached hydrogen (secondary N) is 1. The van der Waals surface area contributed by atoms with Crippen LogP contribution in [0.15, 0.2) is 65.3 Å². The van der Waals surface area contributed by atoms with Gasteiger partial charge in [-0.15, -0.1) is 0 Å². The van der Waals surface area contributed by atoms with Crippen molar-refractivity contribution in [3.63, 3.8) is 0 Å². The van der Waals surface area contributed by atoms with Gasteiger partial charge >= 0.3 is 5.97 Å². The average molecular weight is 399 g/mol. The van der Waals surface area contributed by atoms with E-state index in [2.05, 4.69) is 26.2 Å². The number of aliphatic carboxylic acids is 1. The Morgan fingerprint density at radius 3 is 2.68 bits per heavy atom. The van der Waals surface area contributed by atoms with Crippen molar-refractivity contribution in [3.05, 3.63) is 76.4 Å². The number of benzene rings is 2. The highest BCUT2D eigenvalue weighted by molar-refractivity contribution is 9.10. The Morgan fingerprint density at radius 2 is 1.92 bits per heavy atom. The minimum atomic E-state index is -1.08. The van der Waals surface area contributed by atoms with Crippen LogP contribution >= 0.6 is 15.9 Å². The molecule has 1 atom stereocenters. The van der Waals surface area contributed by atoms with E-state index in [1.54, 1.807) is 18.3 Å². The van der Waals surface area contributed by atoms with E-state index in [0.717, 1.165) is 10.0 Å². The maximum atomic E-state index is 12.6. The lowest BCUT2D eigenvalue weighted by molar-refractivity contribution is -0.139. The topological polar surface area (TPSA) is 79.3 Å². The largest absolute Gasteiger partial charge is 0.480 e. The second-order valence-electron chi connectivity index (χ2n) is 5.57. The Balaban J connectivity index is 1.84. The first kappa shape index (κ1) is 17.1. The van der Waals surface area contributed by atoms with Gasteiger partial charge in [0.15, 0.2) is 0 Å². The molecule has 0 aliphatic carbocycles. The van der Waals surface area contributed by atoms with E-state index < -0.39 is 17.9 Å². The van der Waals surface area contributed by atoms with Gasteiger partial charge in [-0.25, -0.2) is 4.79 Å². The Labute approximate surface area is 152 Å². The van der Waals surface area contributed by atoms with E-state index in [0.29, 0.717) is 16.5 Å². The fourth-order valence-corrected chi connectivity index (χ4v) is 3.08. The highest BCUT2D eigenvalue weighted by Crippen LogP contribution is 2.17. The maximum absolute atomic E-state index is 12.6. The van der Waals surface area contributed by atoms with Gasteiger partial charge in [0.05, 0.1) is 11.1 Å². The fraction of sp³-hybridized carbons (Fsp3) is 0.105. The molecule has 0 unspecified atom stereocenters. The molecule has 0 radical (unpaired) electrons. The molecule has 2 aromatic carbocycles. The molecule has 0 saturated heterocycles. The molecule has 0 fully saturated rings. The van der Waals surface area contributed by atoms with Crippen molar-refractivity contribution in [2.45, 2.75) is 12.5 Å². The van der Waals surface area contributed by atoms with Crippen LogP contribution in [0.4, 0.5) is 0 Å². The highest BCUT2D eigenvalue weighted by atomic mass is 79.9. The first-order valence-corrected chi connectivity index (χ1v) is 8.46. The number of para-hydroxylation sites is 1. The van der Waals surface area contributed by atoms with Crippen LogP contribution in [0.3, 0.4) is 0 Å². The number of halogens is 1. The van der Waals surface area contributed by atoms with Gasteiger partial charge in [-0.3, -0.25) is 9.78 Å². The number of fused-ring (bicyclic) bond motifs is 1. The Hall–Kier alpha value is -2.73. The summed E-state index contributed by atoms with van der Waals surface area (Å²) >= 11 is 3.36. The van der Waals surface area contributed by atoms with Crippen LogP contribution in [0, 0.1) is 0 Å². The van der Waals surface area contributed by atoms with Gasteiger partial charge in [0, 0.05) is 22.5 Å². The normalized spacial score (nSPS) is 11.9. The minimum Gasteiger partial charge on any atom is -0.480 e. The molecule has 3 aromatic rings. The van der Waals surface area contributed by atoms with Crippen molar-refractivity contribution in [2.24, 2.45) is 0 Å². The summed E-state index contributed by atoms with van der Waals surface area (Å²) in [6, 6.07) is 15.2. The molecule has 1 aromatic heterocycles. The average Bonchev–Trinajstić information content (AvgIpc) is 2.60. The molecule has 0 spiro atoms. The molecule has 0 aliphatic rings. The number of nitrogens with zero attached hydrogens (tertiary/aromatic N) is 1. The quantitative estimate of drug-likeness (QED) is 0.689. The fourth-order valence-electron chi connectivity index (χ4n) is 2.63. The maximum Gasteiger partial charge on any atom is 0.326 e.